The molecule has 0 spiro atoms. The molecule has 0 atom stereocenters. The molecule has 0 N–H and O–H groups in total. The zero-order valence-corrected chi connectivity index (χ0v) is 13.6. The van der Waals surface area contributed by atoms with Gasteiger partial charge in [0.1, 0.15) is 0 Å². The maximum Gasteiger partial charge on any atom is 0.0965 e. The highest BCUT2D eigenvalue weighted by atomic mass is 16.5. The van der Waals surface area contributed by atoms with E-state index in [1.165, 1.54) is 51.4 Å². The lowest BCUT2D eigenvalue weighted by Crippen LogP contribution is -1.87. The molecule has 1 nitrogen and oxygen atoms in total. The second-order valence-corrected chi connectivity index (χ2v) is 5.43. The van der Waals surface area contributed by atoms with Crippen LogP contribution < -0.4 is 0 Å². The van der Waals surface area contributed by atoms with Gasteiger partial charge in [-0.25, -0.2) is 0 Å². The Morgan fingerprint density at radius 1 is 0.684 bits per heavy atom. The van der Waals surface area contributed by atoms with Gasteiger partial charge in [0.2, 0.25) is 0 Å². The summed E-state index contributed by atoms with van der Waals surface area (Å²) < 4.78 is 5.79. The second kappa shape index (κ2) is 13.7. The molecule has 0 saturated carbocycles. The minimum atomic E-state index is 1.05. The number of hydrogen-bond acceptors (Lipinski definition) is 1. The van der Waals surface area contributed by atoms with Crippen molar-refractivity contribution in [3.63, 3.8) is 0 Å². The lowest BCUT2D eigenvalue weighted by molar-refractivity contribution is 0.305. The summed E-state index contributed by atoms with van der Waals surface area (Å²) in [5.41, 5.74) is 0. The fourth-order valence-electron chi connectivity index (χ4n) is 2.09. The summed E-state index contributed by atoms with van der Waals surface area (Å²) in [6.45, 7) is 8.63. The molecule has 0 saturated heterocycles. The molecule has 0 bridgehead atoms. The summed E-state index contributed by atoms with van der Waals surface area (Å²) in [5, 5.41) is 0. The first-order chi connectivity index (χ1) is 9.20. The molecule has 0 aromatic carbocycles. The van der Waals surface area contributed by atoms with E-state index in [0.29, 0.717) is 0 Å². The van der Waals surface area contributed by atoms with Crippen molar-refractivity contribution in [1.82, 2.24) is 0 Å². The van der Waals surface area contributed by atoms with Gasteiger partial charge in [0.15, 0.2) is 0 Å². The van der Waals surface area contributed by atoms with E-state index in [4.69, 9.17) is 4.74 Å². The van der Waals surface area contributed by atoms with Crippen LogP contribution in [0.15, 0.2) is 23.7 Å². The minimum absolute atomic E-state index is 1.05. The Hall–Kier alpha value is -0.720. The average Bonchev–Trinajstić information content (AvgIpc) is 2.38. The zero-order valence-electron chi connectivity index (χ0n) is 13.6. The molecule has 112 valence electrons. The van der Waals surface area contributed by atoms with Gasteiger partial charge in [-0.3, -0.25) is 0 Å². The molecule has 0 aromatic rings. The highest BCUT2D eigenvalue weighted by Crippen LogP contribution is 2.11. The molecule has 0 unspecified atom stereocenters. The van der Waals surface area contributed by atoms with E-state index in [0.717, 1.165) is 24.4 Å². The summed E-state index contributed by atoms with van der Waals surface area (Å²) >= 11 is 0. The van der Waals surface area contributed by atoms with Crippen LogP contribution in [0, 0.1) is 0 Å². The van der Waals surface area contributed by atoms with Crippen molar-refractivity contribution in [2.24, 2.45) is 0 Å². The molecule has 0 fully saturated rings. The van der Waals surface area contributed by atoms with Crippen molar-refractivity contribution in [3.8, 4) is 0 Å². The Morgan fingerprint density at radius 2 is 1.11 bits per heavy atom. The highest BCUT2D eigenvalue weighted by molar-refractivity contribution is 4.97. The fraction of sp³-hybridized carbons (Fsp3) is 0.778. The van der Waals surface area contributed by atoms with E-state index in [1.54, 1.807) is 0 Å². The zero-order chi connectivity index (χ0) is 14.3. The van der Waals surface area contributed by atoms with E-state index in [-0.39, 0.29) is 0 Å². The molecule has 0 rings (SSSR count). The quantitative estimate of drug-likeness (QED) is 0.280. The Kier molecular flexibility index (Phi) is 13.2. The number of rotatable bonds is 12. The SMILES string of the molecule is CCCCCCC=C(C)OC(C)=CCCCCCC. The van der Waals surface area contributed by atoms with E-state index < -0.39 is 0 Å². The first kappa shape index (κ1) is 18.3. The van der Waals surface area contributed by atoms with Crippen molar-refractivity contribution in [1.29, 1.82) is 0 Å². The molecule has 0 amide bonds. The third-order valence-corrected chi connectivity index (χ3v) is 3.30. The lowest BCUT2D eigenvalue weighted by Gasteiger charge is -2.06. The Balaban J connectivity index is 3.68. The first-order valence-corrected chi connectivity index (χ1v) is 8.22. The summed E-state index contributed by atoms with van der Waals surface area (Å²) in [6, 6.07) is 0. The first-order valence-electron chi connectivity index (χ1n) is 8.22. The van der Waals surface area contributed by atoms with Gasteiger partial charge < -0.3 is 4.74 Å². The van der Waals surface area contributed by atoms with Crippen LogP contribution in [-0.2, 0) is 4.74 Å². The lowest BCUT2D eigenvalue weighted by atomic mass is 10.1. The summed E-state index contributed by atoms with van der Waals surface area (Å²) in [7, 11) is 0. The van der Waals surface area contributed by atoms with Crippen LogP contribution in [0.4, 0.5) is 0 Å². The van der Waals surface area contributed by atoms with Crippen LogP contribution in [0.2, 0.25) is 0 Å². The fourth-order valence-corrected chi connectivity index (χ4v) is 2.09. The van der Waals surface area contributed by atoms with Crippen LogP contribution in [-0.4, -0.2) is 0 Å². The molecule has 0 aliphatic rings. The highest BCUT2D eigenvalue weighted by Gasteiger charge is 1.94. The molecule has 0 aliphatic heterocycles. The number of allylic oxidation sites excluding steroid dienone is 4. The molecule has 0 aromatic heterocycles. The Labute approximate surface area is 121 Å². The predicted octanol–water partition coefficient (Wildman–Crippen LogP) is 6.75. The van der Waals surface area contributed by atoms with Crippen LogP contribution in [0.3, 0.4) is 0 Å². The van der Waals surface area contributed by atoms with Gasteiger partial charge in [-0.2, -0.15) is 0 Å². The van der Waals surface area contributed by atoms with Crippen LogP contribution >= 0.6 is 0 Å². The monoisotopic (exact) mass is 266 g/mol. The number of unbranched alkanes of at least 4 members (excludes halogenated alkanes) is 8. The standard InChI is InChI=1S/C18H34O/c1-5-7-9-11-13-15-17(3)19-18(4)16-14-12-10-8-6-2/h15-16H,5-14H2,1-4H3. The van der Waals surface area contributed by atoms with Gasteiger partial charge >= 0.3 is 0 Å². The topological polar surface area (TPSA) is 9.23 Å². The molecule has 1 heteroatoms. The van der Waals surface area contributed by atoms with E-state index in [9.17, 15) is 0 Å². The van der Waals surface area contributed by atoms with Gasteiger partial charge in [0.05, 0.1) is 11.5 Å². The summed E-state index contributed by atoms with van der Waals surface area (Å²) in [6.07, 6.45) is 17.3. The predicted molar refractivity (Wildman–Crippen MR) is 86.1 cm³/mol. The molecule has 0 radical (unpaired) electrons. The number of hydrogen-bond donors (Lipinski definition) is 0. The number of ether oxygens (including phenoxy) is 1. The van der Waals surface area contributed by atoms with Gasteiger partial charge in [0, 0.05) is 0 Å². The van der Waals surface area contributed by atoms with Gasteiger partial charge in [-0.15, -0.1) is 0 Å². The largest absolute Gasteiger partial charge is 0.467 e. The third kappa shape index (κ3) is 13.5. The van der Waals surface area contributed by atoms with E-state index in [1.807, 2.05) is 0 Å². The third-order valence-electron chi connectivity index (χ3n) is 3.30. The molecule has 0 heterocycles. The van der Waals surface area contributed by atoms with Crippen molar-refractivity contribution in [2.75, 3.05) is 0 Å². The molecule has 19 heavy (non-hydrogen) atoms. The average molecular weight is 266 g/mol. The molecular formula is C18H34O. The Bertz CT molecular complexity index is 224. The van der Waals surface area contributed by atoms with Crippen molar-refractivity contribution in [3.05, 3.63) is 23.7 Å². The van der Waals surface area contributed by atoms with Crippen molar-refractivity contribution >= 4 is 0 Å². The maximum atomic E-state index is 5.79. The molecule has 0 aliphatic carbocycles. The Morgan fingerprint density at radius 3 is 1.47 bits per heavy atom. The molecular weight excluding hydrogens is 232 g/mol. The van der Waals surface area contributed by atoms with E-state index >= 15 is 0 Å². The maximum absolute atomic E-state index is 5.79. The smallest absolute Gasteiger partial charge is 0.0965 e. The summed E-state index contributed by atoms with van der Waals surface area (Å²) in [4.78, 5) is 0. The summed E-state index contributed by atoms with van der Waals surface area (Å²) in [5.74, 6) is 2.11. The second-order valence-electron chi connectivity index (χ2n) is 5.43. The normalized spacial score (nSPS) is 12.8. The van der Waals surface area contributed by atoms with Crippen molar-refractivity contribution in [2.45, 2.75) is 91.9 Å². The van der Waals surface area contributed by atoms with Gasteiger partial charge in [-0.1, -0.05) is 52.4 Å². The van der Waals surface area contributed by atoms with Crippen LogP contribution in [0.25, 0.3) is 0 Å². The van der Waals surface area contributed by atoms with Crippen LogP contribution in [0.5, 0.6) is 0 Å². The van der Waals surface area contributed by atoms with Crippen LogP contribution in [0.1, 0.15) is 91.9 Å². The van der Waals surface area contributed by atoms with Crippen molar-refractivity contribution < 1.29 is 4.74 Å². The van der Waals surface area contributed by atoms with Gasteiger partial charge in [-0.05, 0) is 51.7 Å². The van der Waals surface area contributed by atoms with Gasteiger partial charge in [0.25, 0.3) is 0 Å². The van der Waals surface area contributed by atoms with E-state index in [2.05, 4.69) is 39.8 Å². The minimum Gasteiger partial charge on any atom is -0.467 e.